The molecule has 0 amide bonds. The second-order valence-electron chi connectivity index (χ2n) is 5.25. The van der Waals surface area contributed by atoms with E-state index >= 15 is 0 Å². The lowest BCUT2D eigenvalue weighted by atomic mass is 10.2. The van der Waals surface area contributed by atoms with Gasteiger partial charge >= 0.3 is 0 Å². The molecule has 0 aromatic heterocycles. The predicted molar refractivity (Wildman–Crippen MR) is 83.6 cm³/mol. The third-order valence-corrected chi connectivity index (χ3v) is 4.85. The van der Waals surface area contributed by atoms with Crippen molar-refractivity contribution < 1.29 is 32.2 Å². The van der Waals surface area contributed by atoms with Crippen molar-refractivity contribution in [2.75, 3.05) is 17.9 Å². The molecule has 3 rings (SSSR count). The summed E-state index contributed by atoms with van der Waals surface area (Å²) in [6.07, 6.45) is 0.706. The topological polar surface area (TPSA) is 105 Å². The second kappa shape index (κ2) is 6.60. The average Bonchev–Trinajstić information content (AvgIpc) is 2.79. The van der Waals surface area contributed by atoms with Crippen LogP contribution in [0.25, 0.3) is 0 Å². The van der Waals surface area contributed by atoms with Gasteiger partial charge in [-0.1, -0.05) is 0 Å². The molecule has 7 nitrogen and oxygen atoms in total. The van der Waals surface area contributed by atoms with Crippen molar-refractivity contribution in [1.82, 2.24) is 0 Å². The monoisotopic (exact) mass is 366 g/mol. The molecular formula is C16H13FNO6S-. The highest BCUT2D eigenvalue weighted by atomic mass is 32.2. The van der Waals surface area contributed by atoms with Gasteiger partial charge in [-0.15, -0.1) is 0 Å². The van der Waals surface area contributed by atoms with E-state index in [0.717, 1.165) is 12.1 Å². The molecule has 1 aliphatic rings. The van der Waals surface area contributed by atoms with Crippen molar-refractivity contribution in [2.24, 2.45) is 0 Å². The van der Waals surface area contributed by atoms with Crippen molar-refractivity contribution in [3.05, 3.63) is 47.8 Å². The van der Waals surface area contributed by atoms with Crippen molar-refractivity contribution in [1.29, 1.82) is 0 Å². The Morgan fingerprint density at radius 3 is 2.52 bits per heavy atom. The van der Waals surface area contributed by atoms with Crippen LogP contribution >= 0.6 is 0 Å². The van der Waals surface area contributed by atoms with Crippen LogP contribution in [0, 0.1) is 5.82 Å². The SMILES string of the molecule is O=C([O-])c1cc(S(=O)(=O)Nc2ccc3c(c2)OCCCO3)ccc1F. The molecule has 1 aliphatic heterocycles. The first-order valence-electron chi connectivity index (χ1n) is 7.30. The van der Waals surface area contributed by atoms with Crippen molar-refractivity contribution in [2.45, 2.75) is 11.3 Å². The Labute approximate surface area is 143 Å². The Morgan fingerprint density at radius 1 is 1.08 bits per heavy atom. The van der Waals surface area contributed by atoms with E-state index in [2.05, 4.69) is 4.72 Å². The summed E-state index contributed by atoms with van der Waals surface area (Å²) in [5.41, 5.74) is -0.634. The number of nitrogens with one attached hydrogen (secondary N) is 1. The van der Waals surface area contributed by atoms with Crippen LogP contribution in [0.4, 0.5) is 10.1 Å². The maximum absolute atomic E-state index is 13.4. The number of carboxylic acids is 1. The Morgan fingerprint density at radius 2 is 1.80 bits per heavy atom. The number of sulfonamides is 1. The largest absolute Gasteiger partial charge is 0.545 e. The van der Waals surface area contributed by atoms with E-state index in [1.54, 1.807) is 6.07 Å². The summed E-state index contributed by atoms with van der Waals surface area (Å²) < 4.78 is 51.4. The van der Waals surface area contributed by atoms with Crippen LogP contribution in [0.2, 0.25) is 0 Å². The van der Waals surface area contributed by atoms with Crippen molar-refractivity contribution in [3.63, 3.8) is 0 Å². The Balaban J connectivity index is 1.90. The Kier molecular flexibility index (Phi) is 4.49. The molecule has 0 spiro atoms. The van der Waals surface area contributed by atoms with Crippen LogP contribution in [0.3, 0.4) is 0 Å². The predicted octanol–water partition coefficient (Wildman–Crippen LogP) is 1.15. The summed E-state index contributed by atoms with van der Waals surface area (Å²) in [7, 11) is -4.13. The summed E-state index contributed by atoms with van der Waals surface area (Å²) in [4.78, 5) is 10.5. The van der Waals surface area contributed by atoms with Gasteiger partial charge < -0.3 is 19.4 Å². The zero-order valence-corrected chi connectivity index (χ0v) is 13.6. The van der Waals surface area contributed by atoms with Gasteiger partial charge in [0.1, 0.15) is 5.82 Å². The lowest BCUT2D eigenvalue weighted by Gasteiger charge is -2.13. The maximum Gasteiger partial charge on any atom is 0.261 e. The van der Waals surface area contributed by atoms with Crippen LogP contribution in [-0.2, 0) is 10.0 Å². The molecule has 0 bridgehead atoms. The number of ether oxygens (including phenoxy) is 2. The molecule has 0 unspecified atom stereocenters. The third-order valence-electron chi connectivity index (χ3n) is 3.47. The van der Waals surface area contributed by atoms with E-state index in [-0.39, 0.29) is 5.69 Å². The number of carbonyl (C=O) groups excluding carboxylic acids is 1. The van der Waals surface area contributed by atoms with Crippen molar-refractivity contribution >= 4 is 21.7 Å². The van der Waals surface area contributed by atoms with E-state index in [0.29, 0.717) is 37.2 Å². The second-order valence-corrected chi connectivity index (χ2v) is 6.93. The van der Waals surface area contributed by atoms with Gasteiger partial charge in [-0.25, -0.2) is 12.8 Å². The Hall–Kier alpha value is -2.81. The first kappa shape index (κ1) is 17.0. The maximum atomic E-state index is 13.4. The number of rotatable bonds is 4. The molecule has 25 heavy (non-hydrogen) atoms. The fourth-order valence-corrected chi connectivity index (χ4v) is 3.34. The van der Waals surface area contributed by atoms with E-state index in [1.165, 1.54) is 12.1 Å². The van der Waals surface area contributed by atoms with Gasteiger partial charge in [-0.2, -0.15) is 0 Å². The minimum atomic E-state index is -4.13. The third kappa shape index (κ3) is 3.66. The average molecular weight is 366 g/mol. The number of anilines is 1. The fraction of sp³-hybridized carbons (Fsp3) is 0.188. The Bertz CT molecular complexity index is 928. The molecular weight excluding hydrogens is 353 g/mol. The molecule has 1 N–H and O–H groups in total. The van der Waals surface area contributed by atoms with Gasteiger partial charge in [0.05, 0.1) is 29.8 Å². The number of aromatic carboxylic acids is 1. The first-order chi connectivity index (χ1) is 11.9. The number of halogens is 1. The highest BCUT2D eigenvalue weighted by molar-refractivity contribution is 7.92. The first-order valence-corrected chi connectivity index (χ1v) is 8.78. The number of benzene rings is 2. The lowest BCUT2D eigenvalue weighted by molar-refractivity contribution is -0.255. The summed E-state index contributed by atoms with van der Waals surface area (Å²) in [6, 6.07) is 6.93. The van der Waals surface area contributed by atoms with Crippen LogP contribution in [0.1, 0.15) is 16.8 Å². The summed E-state index contributed by atoms with van der Waals surface area (Å²) in [6.45, 7) is 0.940. The number of hydrogen-bond donors (Lipinski definition) is 1. The van der Waals surface area contributed by atoms with E-state index in [9.17, 15) is 22.7 Å². The minimum absolute atomic E-state index is 0.198. The van der Waals surface area contributed by atoms with Gasteiger partial charge in [0.25, 0.3) is 10.0 Å². The molecule has 2 aromatic carbocycles. The standard InChI is InChI=1S/C16H14FNO6S/c17-13-4-3-11(9-12(13)16(19)20)25(21,22)18-10-2-5-14-15(8-10)24-7-1-6-23-14/h2-5,8-9,18H,1,6-7H2,(H,19,20)/p-1. The number of carbonyl (C=O) groups is 1. The van der Waals surface area contributed by atoms with E-state index < -0.39 is 32.3 Å². The molecule has 0 saturated carbocycles. The molecule has 132 valence electrons. The summed E-state index contributed by atoms with van der Waals surface area (Å²) in [5.74, 6) is -1.98. The number of fused-ring (bicyclic) bond motifs is 1. The van der Waals surface area contributed by atoms with Gasteiger partial charge in [-0.05, 0) is 30.3 Å². The zero-order valence-electron chi connectivity index (χ0n) is 12.8. The molecule has 9 heteroatoms. The summed E-state index contributed by atoms with van der Waals surface area (Å²) in [5, 5.41) is 10.9. The fourth-order valence-electron chi connectivity index (χ4n) is 2.27. The minimum Gasteiger partial charge on any atom is -0.545 e. The number of carboxylic acid groups (broad SMARTS) is 1. The molecule has 0 radical (unpaired) electrons. The molecule has 0 fully saturated rings. The lowest BCUT2D eigenvalue weighted by Crippen LogP contribution is -2.24. The number of hydrogen-bond acceptors (Lipinski definition) is 6. The van der Waals surface area contributed by atoms with Gasteiger partial charge in [0, 0.05) is 18.1 Å². The van der Waals surface area contributed by atoms with Gasteiger partial charge in [0.2, 0.25) is 0 Å². The zero-order chi connectivity index (χ0) is 18.0. The van der Waals surface area contributed by atoms with Crippen LogP contribution < -0.4 is 19.3 Å². The molecule has 1 heterocycles. The van der Waals surface area contributed by atoms with Gasteiger partial charge in [0.15, 0.2) is 11.5 Å². The van der Waals surface area contributed by atoms with E-state index in [4.69, 9.17) is 9.47 Å². The quantitative estimate of drug-likeness (QED) is 0.870. The molecule has 0 saturated heterocycles. The summed E-state index contributed by atoms with van der Waals surface area (Å²) >= 11 is 0. The highest BCUT2D eigenvalue weighted by Crippen LogP contribution is 2.33. The smallest absolute Gasteiger partial charge is 0.261 e. The van der Waals surface area contributed by atoms with Crippen molar-refractivity contribution in [3.8, 4) is 11.5 Å². The molecule has 0 aliphatic carbocycles. The molecule has 0 atom stereocenters. The van der Waals surface area contributed by atoms with Crippen LogP contribution in [0.5, 0.6) is 11.5 Å². The van der Waals surface area contributed by atoms with Crippen LogP contribution in [0.15, 0.2) is 41.3 Å². The normalized spacial score (nSPS) is 13.8. The highest BCUT2D eigenvalue weighted by Gasteiger charge is 2.18. The van der Waals surface area contributed by atoms with Gasteiger partial charge in [-0.3, -0.25) is 4.72 Å². The van der Waals surface area contributed by atoms with E-state index in [1.807, 2.05) is 0 Å². The van der Waals surface area contributed by atoms with Crippen LogP contribution in [-0.4, -0.2) is 27.6 Å². The molecule has 2 aromatic rings.